The van der Waals surface area contributed by atoms with Gasteiger partial charge < -0.3 is 10.5 Å². The number of thiazole rings is 1. The minimum absolute atomic E-state index is 0.0934. The minimum Gasteiger partial charge on any atom is -0.381 e. The highest BCUT2D eigenvalue weighted by Gasteiger charge is 2.27. The van der Waals surface area contributed by atoms with Crippen molar-refractivity contribution in [3.8, 4) is 0 Å². The quantitative estimate of drug-likeness (QED) is 0.858. The van der Waals surface area contributed by atoms with Gasteiger partial charge in [-0.05, 0) is 32.1 Å². The maximum Gasteiger partial charge on any atom is 0.110 e. The SMILES string of the molecule is NC(c1nc2c(s1)CCC2)C1CCCOC1. The standard InChI is InChI=1S/C12H18N2OS/c13-11(8-3-2-6-15-7-8)12-14-9-4-1-5-10(9)16-12/h8,11H,1-7,13H2. The van der Waals surface area contributed by atoms with E-state index in [1.165, 1.54) is 29.8 Å². The van der Waals surface area contributed by atoms with Gasteiger partial charge in [-0.3, -0.25) is 0 Å². The summed E-state index contributed by atoms with van der Waals surface area (Å²) < 4.78 is 5.50. The summed E-state index contributed by atoms with van der Waals surface area (Å²) in [5.74, 6) is 0.472. The van der Waals surface area contributed by atoms with Crippen molar-refractivity contribution in [2.24, 2.45) is 11.7 Å². The van der Waals surface area contributed by atoms with Gasteiger partial charge in [0.2, 0.25) is 0 Å². The summed E-state index contributed by atoms with van der Waals surface area (Å²) in [6.45, 7) is 1.71. The predicted octanol–water partition coefficient (Wildman–Crippen LogP) is 2.06. The second kappa shape index (κ2) is 4.43. The molecular formula is C12H18N2OS. The van der Waals surface area contributed by atoms with Gasteiger partial charge in [0, 0.05) is 17.4 Å². The number of hydrogen-bond acceptors (Lipinski definition) is 4. The van der Waals surface area contributed by atoms with Gasteiger partial charge >= 0.3 is 0 Å². The Kier molecular flexibility index (Phi) is 2.96. The number of nitrogens with two attached hydrogens (primary N) is 1. The number of aryl methyl sites for hydroxylation is 2. The Morgan fingerprint density at radius 3 is 3.06 bits per heavy atom. The zero-order valence-corrected chi connectivity index (χ0v) is 10.3. The molecule has 4 heteroatoms. The van der Waals surface area contributed by atoms with Gasteiger partial charge in [-0.1, -0.05) is 0 Å². The Labute approximate surface area is 100 Å². The molecule has 2 heterocycles. The number of rotatable bonds is 2. The molecule has 0 spiro atoms. The third-order valence-corrected chi connectivity index (χ3v) is 4.86. The van der Waals surface area contributed by atoms with E-state index in [4.69, 9.17) is 15.5 Å². The largest absolute Gasteiger partial charge is 0.381 e. The van der Waals surface area contributed by atoms with Gasteiger partial charge in [0.1, 0.15) is 5.01 Å². The average molecular weight is 238 g/mol. The fourth-order valence-corrected chi connectivity index (χ4v) is 3.85. The highest BCUT2D eigenvalue weighted by molar-refractivity contribution is 7.11. The van der Waals surface area contributed by atoms with E-state index in [-0.39, 0.29) is 6.04 Å². The fraction of sp³-hybridized carbons (Fsp3) is 0.750. The third kappa shape index (κ3) is 1.90. The number of fused-ring (bicyclic) bond motifs is 1. The second-order valence-electron chi connectivity index (χ2n) is 4.78. The van der Waals surface area contributed by atoms with Gasteiger partial charge in [0.25, 0.3) is 0 Å². The van der Waals surface area contributed by atoms with Crippen LogP contribution < -0.4 is 5.73 Å². The van der Waals surface area contributed by atoms with Crippen LogP contribution in [0.25, 0.3) is 0 Å². The Hall–Kier alpha value is -0.450. The summed E-state index contributed by atoms with van der Waals surface area (Å²) >= 11 is 1.83. The molecule has 3 rings (SSSR count). The van der Waals surface area contributed by atoms with Crippen LogP contribution in [0.5, 0.6) is 0 Å². The molecule has 16 heavy (non-hydrogen) atoms. The lowest BCUT2D eigenvalue weighted by Gasteiger charge is -2.26. The summed E-state index contributed by atoms with van der Waals surface area (Å²) in [5.41, 5.74) is 7.61. The van der Waals surface area contributed by atoms with E-state index in [0.29, 0.717) is 5.92 Å². The molecule has 0 aromatic carbocycles. The molecule has 2 aliphatic rings. The molecule has 2 atom stereocenters. The van der Waals surface area contributed by atoms with Gasteiger partial charge in [0.05, 0.1) is 18.3 Å². The van der Waals surface area contributed by atoms with Crippen LogP contribution in [0.1, 0.15) is 40.9 Å². The van der Waals surface area contributed by atoms with Crippen LogP contribution in [-0.4, -0.2) is 18.2 Å². The first-order chi connectivity index (χ1) is 7.84. The topological polar surface area (TPSA) is 48.1 Å². The molecule has 1 fully saturated rings. The van der Waals surface area contributed by atoms with E-state index in [2.05, 4.69) is 0 Å². The first kappa shape index (κ1) is 10.7. The summed E-state index contributed by atoms with van der Waals surface area (Å²) in [6, 6.07) is 0.0934. The number of nitrogens with zero attached hydrogens (tertiary/aromatic N) is 1. The van der Waals surface area contributed by atoms with Crippen molar-refractivity contribution in [1.82, 2.24) is 4.98 Å². The van der Waals surface area contributed by atoms with Gasteiger partial charge in [-0.2, -0.15) is 0 Å². The summed E-state index contributed by atoms with van der Waals surface area (Å²) in [7, 11) is 0. The molecule has 0 saturated carbocycles. The fourth-order valence-electron chi connectivity index (χ4n) is 2.60. The van der Waals surface area contributed by atoms with E-state index < -0.39 is 0 Å². The molecule has 2 unspecified atom stereocenters. The van der Waals surface area contributed by atoms with Crippen molar-refractivity contribution in [2.45, 2.75) is 38.1 Å². The van der Waals surface area contributed by atoms with E-state index in [1.807, 2.05) is 11.3 Å². The zero-order valence-electron chi connectivity index (χ0n) is 9.45. The Morgan fingerprint density at radius 2 is 2.31 bits per heavy atom. The lowest BCUT2D eigenvalue weighted by atomic mass is 9.95. The first-order valence-electron chi connectivity index (χ1n) is 6.16. The Balaban J connectivity index is 1.75. The highest BCUT2D eigenvalue weighted by Crippen LogP contribution is 2.34. The molecule has 0 radical (unpaired) electrons. The molecule has 1 aliphatic heterocycles. The summed E-state index contributed by atoms with van der Waals surface area (Å²) in [6.07, 6.45) is 5.96. The van der Waals surface area contributed by atoms with Crippen LogP contribution >= 0.6 is 11.3 Å². The van der Waals surface area contributed by atoms with E-state index in [0.717, 1.165) is 31.1 Å². The first-order valence-corrected chi connectivity index (χ1v) is 6.98. The van der Waals surface area contributed by atoms with Crippen molar-refractivity contribution in [2.75, 3.05) is 13.2 Å². The van der Waals surface area contributed by atoms with Crippen LogP contribution in [0, 0.1) is 5.92 Å². The van der Waals surface area contributed by atoms with Crippen LogP contribution in [0.4, 0.5) is 0 Å². The van der Waals surface area contributed by atoms with Crippen molar-refractivity contribution < 1.29 is 4.74 Å². The van der Waals surface area contributed by atoms with E-state index in [9.17, 15) is 0 Å². The molecule has 0 amide bonds. The maximum atomic E-state index is 6.30. The van der Waals surface area contributed by atoms with E-state index in [1.54, 1.807) is 0 Å². The maximum absolute atomic E-state index is 6.30. The van der Waals surface area contributed by atoms with Crippen LogP contribution in [0.15, 0.2) is 0 Å². The second-order valence-corrected chi connectivity index (χ2v) is 5.89. The molecule has 1 aromatic rings. The van der Waals surface area contributed by atoms with Crippen LogP contribution in [-0.2, 0) is 17.6 Å². The molecule has 1 saturated heterocycles. The zero-order chi connectivity index (χ0) is 11.0. The number of hydrogen-bond donors (Lipinski definition) is 1. The average Bonchev–Trinajstić information content (AvgIpc) is 2.89. The normalized spacial score (nSPS) is 26.7. The minimum atomic E-state index is 0.0934. The van der Waals surface area contributed by atoms with Crippen molar-refractivity contribution in [3.05, 3.63) is 15.6 Å². The molecule has 0 bridgehead atoms. The Bertz CT molecular complexity index is 350. The molecule has 1 aliphatic carbocycles. The van der Waals surface area contributed by atoms with Gasteiger partial charge in [0.15, 0.2) is 0 Å². The van der Waals surface area contributed by atoms with Crippen molar-refractivity contribution in [3.63, 3.8) is 0 Å². The lowest BCUT2D eigenvalue weighted by molar-refractivity contribution is 0.0447. The third-order valence-electron chi connectivity index (χ3n) is 3.60. The molecule has 2 N–H and O–H groups in total. The molecule has 3 nitrogen and oxygen atoms in total. The van der Waals surface area contributed by atoms with Crippen LogP contribution in [0.2, 0.25) is 0 Å². The van der Waals surface area contributed by atoms with E-state index >= 15 is 0 Å². The summed E-state index contributed by atoms with van der Waals surface area (Å²) in [5, 5.41) is 1.14. The van der Waals surface area contributed by atoms with Gasteiger partial charge in [-0.15, -0.1) is 11.3 Å². The van der Waals surface area contributed by atoms with Crippen molar-refractivity contribution in [1.29, 1.82) is 0 Å². The van der Waals surface area contributed by atoms with Crippen molar-refractivity contribution >= 4 is 11.3 Å². The molecular weight excluding hydrogens is 220 g/mol. The monoisotopic (exact) mass is 238 g/mol. The highest BCUT2D eigenvalue weighted by atomic mass is 32.1. The molecule has 1 aromatic heterocycles. The Morgan fingerprint density at radius 1 is 1.38 bits per heavy atom. The van der Waals surface area contributed by atoms with Gasteiger partial charge in [-0.25, -0.2) is 4.98 Å². The van der Waals surface area contributed by atoms with Crippen LogP contribution in [0.3, 0.4) is 0 Å². The lowest BCUT2D eigenvalue weighted by Crippen LogP contribution is -2.29. The predicted molar refractivity (Wildman–Crippen MR) is 64.6 cm³/mol. The molecule has 88 valence electrons. The number of ether oxygens (including phenoxy) is 1. The smallest absolute Gasteiger partial charge is 0.110 e. The summed E-state index contributed by atoms with van der Waals surface area (Å²) in [4.78, 5) is 6.18. The number of aromatic nitrogens is 1.